The summed E-state index contributed by atoms with van der Waals surface area (Å²) >= 11 is 13.6. The van der Waals surface area contributed by atoms with Crippen molar-refractivity contribution in [3.63, 3.8) is 0 Å². The average molecular weight is 557 g/mol. The Kier molecular flexibility index (Phi) is 8.34. The highest BCUT2D eigenvalue weighted by Crippen LogP contribution is 2.36. The first kappa shape index (κ1) is 25.9. The van der Waals surface area contributed by atoms with Gasteiger partial charge in [0.15, 0.2) is 5.82 Å². The molecule has 0 amide bonds. The van der Waals surface area contributed by atoms with E-state index >= 15 is 0 Å². The lowest BCUT2D eigenvalue weighted by Crippen LogP contribution is -2.41. The first-order chi connectivity index (χ1) is 16.8. The summed E-state index contributed by atoms with van der Waals surface area (Å²) in [6.45, 7) is 3.07. The fourth-order valence-electron chi connectivity index (χ4n) is 4.14. The standard InChI is InChI=1S/C24H24Cl2FN3O3S2/c1-2-28-21-5-3-4-17(15-6-8-16(25)9-7-15)18(21)12-33-22-11-20(27)23(10-19(22)26)35(31,32)30-24-13-34-14-29-24/h4,6-11,13-14,18,21,28,30H,2-3,5,12H2,1H3. The van der Waals surface area contributed by atoms with Crippen molar-refractivity contribution in [3.05, 3.63) is 74.8 Å². The number of hydrogen-bond acceptors (Lipinski definition) is 6. The van der Waals surface area contributed by atoms with Crippen LogP contribution in [0.5, 0.6) is 5.75 Å². The monoisotopic (exact) mass is 555 g/mol. The molecule has 2 N–H and O–H groups in total. The van der Waals surface area contributed by atoms with Gasteiger partial charge in [-0.3, -0.25) is 4.72 Å². The number of rotatable bonds is 9. The van der Waals surface area contributed by atoms with Crippen molar-refractivity contribution in [1.29, 1.82) is 0 Å². The summed E-state index contributed by atoms with van der Waals surface area (Å²) in [6, 6.07) is 9.85. The summed E-state index contributed by atoms with van der Waals surface area (Å²) in [5.41, 5.74) is 3.62. The molecule has 2 atom stereocenters. The molecule has 0 saturated carbocycles. The largest absolute Gasteiger partial charge is 0.491 e. The third-order valence-electron chi connectivity index (χ3n) is 5.74. The van der Waals surface area contributed by atoms with Gasteiger partial charge in [-0.1, -0.05) is 48.3 Å². The van der Waals surface area contributed by atoms with E-state index in [-0.39, 0.29) is 35.2 Å². The van der Waals surface area contributed by atoms with Gasteiger partial charge >= 0.3 is 0 Å². The molecule has 35 heavy (non-hydrogen) atoms. The maximum atomic E-state index is 14.9. The molecule has 0 aliphatic heterocycles. The first-order valence-electron chi connectivity index (χ1n) is 11.0. The second kappa shape index (κ2) is 11.3. The van der Waals surface area contributed by atoms with Crippen LogP contribution >= 0.6 is 34.5 Å². The van der Waals surface area contributed by atoms with Crippen LogP contribution in [-0.4, -0.2) is 32.6 Å². The second-order valence-electron chi connectivity index (χ2n) is 8.02. The summed E-state index contributed by atoms with van der Waals surface area (Å²) in [4.78, 5) is 3.29. The molecule has 11 heteroatoms. The van der Waals surface area contributed by atoms with Crippen molar-refractivity contribution in [3.8, 4) is 5.75 Å². The Bertz CT molecular complexity index is 1300. The highest BCUT2D eigenvalue weighted by atomic mass is 35.5. The number of thiazole rings is 1. The Morgan fingerprint density at radius 2 is 2.00 bits per heavy atom. The fourth-order valence-corrected chi connectivity index (χ4v) is 6.19. The maximum Gasteiger partial charge on any atom is 0.266 e. The van der Waals surface area contributed by atoms with Crippen LogP contribution in [0.15, 0.2) is 58.3 Å². The van der Waals surface area contributed by atoms with Gasteiger partial charge in [0.2, 0.25) is 0 Å². The van der Waals surface area contributed by atoms with Gasteiger partial charge in [-0.05, 0) is 48.7 Å². The minimum absolute atomic E-state index is 0.00196. The number of nitrogens with zero attached hydrogens (tertiary/aromatic N) is 1. The maximum absolute atomic E-state index is 14.9. The van der Waals surface area contributed by atoms with E-state index in [4.69, 9.17) is 27.9 Å². The Labute approximate surface area is 218 Å². The zero-order valence-electron chi connectivity index (χ0n) is 18.8. The molecule has 2 unspecified atom stereocenters. The number of nitrogens with one attached hydrogen (secondary N) is 2. The van der Waals surface area contributed by atoms with E-state index < -0.39 is 20.7 Å². The first-order valence-corrected chi connectivity index (χ1v) is 14.2. The number of sulfonamides is 1. The third-order valence-corrected chi connectivity index (χ3v) is 8.24. The Morgan fingerprint density at radius 1 is 1.23 bits per heavy atom. The summed E-state index contributed by atoms with van der Waals surface area (Å²) in [7, 11) is -4.20. The van der Waals surface area contributed by atoms with Crippen molar-refractivity contribution in [2.24, 2.45) is 5.92 Å². The summed E-state index contributed by atoms with van der Waals surface area (Å²) in [5, 5.41) is 5.67. The lowest BCUT2D eigenvalue weighted by molar-refractivity contribution is 0.236. The second-order valence-corrected chi connectivity index (χ2v) is 11.2. The lowest BCUT2D eigenvalue weighted by Gasteiger charge is -2.33. The zero-order chi connectivity index (χ0) is 25.0. The molecule has 1 aliphatic carbocycles. The van der Waals surface area contributed by atoms with E-state index in [0.717, 1.165) is 42.7 Å². The number of benzene rings is 2. The number of anilines is 1. The SMILES string of the molecule is CCNC1CCC=C(c2ccc(Cl)cc2)C1COc1cc(F)c(S(=O)(=O)Nc2cscn2)cc1Cl. The molecular weight excluding hydrogens is 532 g/mol. The normalized spacial score (nSPS) is 18.2. The summed E-state index contributed by atoms with van der Waals surface area (Å²) in [6.07, 6.45) is 4.04. The Balaban J connectivity index is 1.56. The van der Waals surface area contributed by atoms with Crippen molar-refractivity contribution in [1.82, 2.24) is 10.3 Å². The van der Waals surface area contributed by atoms with Crippen LogP contribution in [0.1, 0.15) is 25.3 Å². The molecule has 0 saturated heterocycles. The van der Waals surface area contributed by atoms with Crippen molar-refractivity contribution in [2.75, 3.05) is 17.9 Å². The van der Waals surface area contributed by atoms with E-state index in [0.29, 0.717) is 5.02 Å². The molecule has 186 valence electrons. The molecule has 2 aromatic carbocycles. The lowest BCUT2D eigenvalue weighted by atomic mass is 9.80. The van der Waals surface area contributed by atoms with E-state index in [1.54, 1.807) is 0 Å². The van der Waals surface area contributed by atoms with Crippen LogP contribution in [0.2, 0.25) is 10.0 Å². The van der Waals surface area contributed by atoms with Gasteiger partial charge in [0, 0.05) is 28.4 Å². The Hall–Kier alpha value is -2.17. The summed E-state index contributed by atoms with van der Waals surface area (Å²) < 4.78 is 48.3. The van der Waals surface area contributed by atoms with Crippen LogP contribution in [0.4, 0.5) is 10.2 Å². The van der Waals surface area contributed by atoms with E-state index in [1.807, 2.05) is 31.2 Å². The number of hydrogen-bond donors (Lipinski definition) is 2. The number of allylic oxidation sites excluding steroid dienone is 1. The van der Waals surface area contributed by atoms with Crippen LogP contribution in [0, 0.1) is 11.7 Å². The van der Waals surface area contributed by atoms with Crippen LogP contribution in [-0.2, 0) is 10.0 Å². The highest BCUT2D eigenvalue weighted by molar-refractivity contribution is 7.92. The molecule has 1 aliphatic rings. The molecule has 1 aromatic heterocycles. The quantitative estimate of drug-likeness (QED) is 0.326. The van der Waals surface area contributed by atoms with Gasteiger partial charge in [0.05, 0.1) is 17.1 Å². The van der Waals surface area contributed by atoms with Crippen LogP contribution < -0.4 is 14.8 Å². The summed E-state index contributed by atoms with van der Waals surface area (Å²) in [5.74, 6) is -0.807. The van der Waals surface area contributed by atoms with Gasteiger partial charge in [0.25, 0.3) is 10.0 Å². The van der Waals surface area contributed by atoms with E-state index in [2.05, 4.69) is 21.1 Å². The Morgan fingerprint density at radius 3 is 2.69 bits per heavy atom. The zero-order valence-corrected chi connectivity index (χ0v) is 21.9. The average Bonchev–Trinajstić information content (AvgIpc) is 3.33. The van der Waals surface area contributed by atoms with Gasteiger partial charge in [-0.2, -0.15) is 0 Å². The fraction of sp³-hybridized carbons (Fsp3) is 0.292. The molecule has 6 nitrogen and oxygen atoms in total. The van der Waals surface area contributed by atoms with Gasteiger partial charge < -0.3 is 10.1 Å². The number of aromatic nitrogens is 1. The minimum Gasteiger partial charge on any atom is -0.491 e. The number of halogens is 3. The van der Waals surface area contributed by atoms with Crippen molar-refractivity contribution < 1.29 is 17.5 Å². The van der Waals surface area contributed by atoms with E-state index in [1.165, 1.54) is 22.2 Å². The molecular formula is C24H24Cl2FN3O3S2. The molecule has 0 radical (unpaired) electrons. The molecule has 0 spiro atoms. The highest BCUT2D eigenvalue weighted by Gasteiger charge is 2.30. The molecule has 3 aromatic rings. The van der Waals surface area contributed by atoms with Crippen molar-refractivity contribution in [2.45, 2.75) is 30.7 Å². The van der Waals surface area contributed by atoms with Gasteiger partial charge in [-0.15, -0.1) is 11.3 Å². The molecule has 1 heterocycles. The molecule has 0 fully saturated rings. The predicted octanol–water partition coefficient (Wildman–Crippen LogP) is 6.24. The van der Waals surface area contributed by atoms with Gasteiger partial charge in [-0.25, -0.2) is 17.8 Å². The molecule has 4 rings (SSSR count). The van der Waals surface area contributed by atoms with Crippen molar-refractivity contribution >= 4 is 56.0 Å². The third kappa shape index (κ3) is 6.16. The predicted molar refractivity (Wildman–Crippen MR) is 139 cm³/mol. The van der Waals surface area contributed by atoms with Crippen LogP contribution in [0.25, 0.3) is 5.57 Å². The number of ether oxygens (including phenoxy) is 1. The molecule has 0 bridgehead atoms. The van der Waals surface area contributed by atoms with Gasteiger partial charge in [0.1, 0.15) is 16.5 Å². The minimum atomic E-state index is -4.20. The van der Waals surface area contributed by atoms with E-state index in [9.17, 15) is 12.8 Å². The topological polar surface area (TPSA) is 80.3 Å². The van der Waals surface area contributed by atoms with Crippen LogP contribution in [0.3, 0.4) is 0 Å². The smallest absolute Gasteiger partial charge is 0.266 e.